The molecule has 1 N–H and O–H groups in total. The molecule has 3 aliphatic carbocycles. The molecule has 1 heterocycles. The van der Waals surface area contributed by atoms with Gasteiger partial charge < -0.3 is 19.3 Å². The molecular formula is C46H46O7. The standard InChI is InChI=1S/C46H46O7/c1-28-25-37-36(44(37,3)4)23-24-45(27-51-45)41(53-43(49)35-21-17-33(18-22-35)31-13-9-6-10-14-31)38-39(29(2)26-46(38,50)40(28)47)52-42(48)34-19-15-32(16-20-34)30-11-7-5-8-12-30/h5-22,25,29,36-39,41,50H,23-24,26-27H2,1-4H3/b28-25+/t29-,36-,37+,38+,39-,41+,45-,46+/m0/s1. The van der Waals surface area contributed by atoms with Crippen molar-refractivity contribution in [3.63, 3.8) is 0 Å². The van der Waals surface area contributed by atoms with E-state index in [2.05, 4.69) is 13.8 Å². The summed E-state index contributed by atoms with van der Waals surface area (Å²) in [6, 6.07) is 34.2. The molecule has 0 unspecified atom stereocenters. The summed E-state index contributed by atoms with van der Waals surface area (Å²) in [4.78, 5) is 42.6. The van der Waals surface area contributed by atoms with Crippen LogP contribution in [0.4, 0.5) is 0 Å². The Morgan fingerprint density at radius 1 is 0.755 bits per heavy atom. The van der Waals surface area contributed by atoms with Gasteiger partial charge in [0.1, 0.15) is 23.4 Å². The van der Waals surface area contributed by atoms with Gasteiger partial charge in [-0.2, -0.15) is 0 Å². The van der Waals surface area contributed by atoms with Crippen LogP contribution in [0.5, 0.6) is 0 Å². The lowest BCUT2D eigenvalue weighted by Crippen LogP contribution is -2.56. The number of rotatable bonds is 6. The van der Waals surface area contributed by atoms with Crippen LogP contribution in [0.2, 0.25) is 0 Å². The fourth-order valence-corrected chi connectivity index (χ4v) is 9.27. The highest BCUT2D eigenvalue weighted by Crippen LogP contribution is 2.63. The van der Waals surface area contributed by atoms with Gasteiger partial charge in [0.15, 0.2) is 5.78 Å². The Morgan fingerprint density at radius 2 is 1.25 bits per heavy atom. The maximum Gasteiger partial charge on any atom is 0.338 e. The van der Waals surface area contributed by atoms with Crippen LogP contribution in [0, 0.1) is 29.1 Å². The third-order valence-corrected chi connectivity index (χ3v) is 12.6. The van der Waals surface area contributed by atoms with Crippen molar-refractivity contribution in [3.8, 4) is 22.3 Å². The molecule has 2 saturated carbocycles. The van der Waals surface area contributed by atoms with E-state index >= 15 is 0 Å². The average molecular weight is 711 g/mol. The zero-order valence-corrected chi connectivity index (χ0v) is 30.7. The number of aliphatic hydroxyl groups is 1. The Morgan fingerprint density at radius 3 is 1.75 bits per heavy atom. The number of ether oxygens (including phenoxy) is 3. The third-order valence-electron chi connectivity index (χ3n) is 12.6. The molecule has 4 aliphatic rings. The molecule has 0 radical (unpaired) electrons. The van der Waals surface area contributed by atoms with Crippen molar-refractivity contribution in [2.24, 2.45) is 29.1 Å². The molecule has 1 saturated heterocycles. The van der Waals surface area contributed by atoms with Gasteiger partial charge in [0.05, 0.1) is 23.7 Å². The minimum absolute atomic E-state index is 0.0113. The van der Waals surface area contributed by atoms with E-state index in [-0.39, 0.29) is 17.8 Å². The molecule has 0 bridgehead atoms. The number of ketones is 1. The van der Waals surface area contributed by atoms with E-state index < -0.39 is 53.0 Å². The molecule has 53 heavy (non-hydrogen) atoms. The monoisotopic (exact) mass is 710 g/mol. The van der Waals surface area contributed by atoms with Crippen LogP contribution < -0.4 is 0 Å². The minimum Gasteiger partial charge on any atom is -0.458 e. The number of benzene rings is 4. The van der Waals surface area contributed by atoms with Crippen LogP contribution in [0.3, 0.4) is 0 Å². The average Bonchev–Trinajstić information content (AvgIpc) is 4.04. The van der Waals surface area contributed by atoms with Crippen LogP contribution in [-0.2, 0) is 19.0 Å². The number of carbonyl (C=O) groups excluding carboxylic acids is 3. The molecule has 1 spiro atoms. The Balaban J connectivity index is 1.15. The molecule has 3 fully saturated rings. The lowest BCUT2D eigenvalue weighted by molar-refractivity contribution is -0.151. The van der Waals surface area contributed by atoms with E-state index in [1.807, 2.05) is 97.9 Å². The van der Waals surface area contributed by atoms with E-state index in [1.54, 1.807) is 31.2 Å². The van der Waals surface area contributed by atoms with Gasteiger partial charge in [0, 0.05) is 0 Å². The third kappa shape index (κ3) is 6.34. The lowest BCUT2D eigenvalue weighted by Gasteiger charge is -2.39. The number of hydrogen-bond acceptors (Lipinski definition) is 7. The van der Waals surface area contributed by atoms with Crippen molar-refractivity contribution in [2.75, 3.05) is 6.61 Å². The van der Waals surface area contributed by atoms with E-state index in [0.29, 0.717) is 35.6 Å². The van der Waals surface area contributed by atoms with Crippen molar-refractivity contribution in [1.29, 1.82) is 0 Å². The van der Waals surface area contributed by atoms with E-state index in [0.717, 1.165) is 28.7 Å². The van der Waals surface area contributed by atoms with Gasteiger partial charge in [-0.25, -0.2) is 9.59 Å². The lowest BCUT2D eigenvalue weighted by atomic mass is 9.74. The summed E-state index contributed by atoms with van der Waals surface area (Å²) in [7, 11) is 0. The van der Waals surface area contributed by atoms with Crippen molar-refractivity contribution in [2.45, 2.75) is 70.4 Å². The number of Topliss-reactive ketones (excluding diaryl/α,β-unsaturated/α-hetero) is 1. The molecule has 7 nitrogen and oxygen atoms in total. The summed E-state index contributed by atoms with van der Waals surface area (Å²) in [5.74, 6) is -2.59. The maximum atomic E-state index is 14.5. The fraction of sp³-hybridized carbons (Fsp3) is 0.370. The number of carbonyl (C=O) groups is 3. The van der Waals surface area contributed by atoms with E-state index in [1.165, 1.54) is 0 Å². The van der Waals surface area contributed by atoms with Crippen molar-refractivity contribution in [1.82, 2.24) is 0 Å². The molecule has 0 amide bonds. The maximum absolute atomic E-state index is 14.5. The summed E-state index contributed by atoms with van der Waals surface area (Å²) in [5, 5.41) is 12.7. The van der Waals surface area contributed by atoms with Crippen LogP contribution in [0.15, 0.2) is 121 Å². The molecule has 7 heteroatoms. The van der Waals surface area contributed by atoms with Crippen molar-refractivity contribution >= 4 is 17.7 Å². The van der Waals surface area contributed by atoms with Crippen LogP contribution in [0.25, 0.3) is 22.3 Å². The molecule has 1 aliphatic heterocycles. The van der Waals surface area contributed by atoms with Crippen LogP contribution in [0.1, 0.15) is 67.7 Å². The first-order valence-electron chi connectivity index (χ1n) is 18.7. The molecule has 4 aromatic carbocycles. The van der Waals surface area contributed by atoms with Gasteiger partial charge in [-0.3, -0.25) is 4.79 Å². The topological polar surface area (TPSA) is 102 Å². The van der Waals surface area contributed by atoms with Gasteiger partial charge in [-0.1, -0.05) is 112 Å². The highest BCUT2D eigenvalue weighted by Gasteiger charge is 2.69. The second kappa shape index (κ2) is 13.2. The molecule has 272 valence electrons. The summed E-state index contributed by atoms with van der Waals surface area (Å²) >= 11 is 0. The van der Waals surface area contributed by atoms with E-state index in [4.69, 9.17) is 14.2 Å². The normalized spacial score (nSPS) is 32.3. The highest BCUT2D eigenvalue weighted by molar-refractivity contribution is 6.02. The zero-order chi connectivity index (χ0) is 37.1. The minimum atomic E-state index is -1.97. The Labute approximate surface area is 311 Å². The van der Waals surface area contributed by atoms with Gasteiger partial charge in [0.25, 0.3) is 0 Å². The molecule has 4 aromatic rings. The second-order valence-electron chi connectivity index (χ2n) is 16.2. The number of fused-ring (bicyclic) bond motifs is 2. The first-order valence-corrected chi connectivity index (χ1v) is 18.7. The number of allylic oxidation sites excluding steroid dienone is 1. The van der Waals surface area contributed by atoms with Crippen LogP contribution >= 0.6 is 0 Å². The smallest absolute Gasteiger partial charge is 0.338 e. The molecule has 0 aromatic heterocycles. The molecule has 8 rings (SSSR count). The van der Waals surface area contributed by atoms with Crippen molar-refractivity contribution in [3.05, 3.63) is 132 Å². The van der Waals surface area contributed by atoms with Gasteiger partial charge in [-0.15, -0.1) is 0 Å². The Bertz CT molecular complexity index is 2050. The highest BCUT2D eigenvalue weighted by atomic mass is 16.6. The van der Waals surface area contributed by atoms with Gasteiger partial charge in [0.2, 0.25) is 0 Å². The Hall–Kier alpha value is -4.85. The molecule has 8 atom stereocenters. The predicted molar refractivity (Wildman–Crippen MR) is 202 cm³/mol. The van der Waals surface area contributed by atoms with Crippen molar-refractivity contribution < 1.29 is 33.7 Å². The number of esters is 2. The van der Waals surface area contributed by atoms with Crippen LogP contribution in [-0.4, -0.2) is 52.8 Å². The van der Waals surface area contributed by atoms with Gasteiger partial charge >= 0.3 is 11.9 Å². The first kappa shape index (κ1) is 35.2. The summed E-state index contributed by atoms with van der Waals surface area (Å²) in [5.41, 5.74) is 2.20. The summed E-state index contributed by atoms with van der Waals surface area (Å²) in [6.45, 7) is 8.35. The second-order valence-corrected chi connectivity index (χ2v) is 16.2. The largest absolute Gasteiger partial charge is 0.458 e. The summed E-state index contributed by atoms with van der Waals surface area (Å²) in [6.07, 6.45) is 1.43. The number of hydrogen-bond donors (Lipinski definition) is 1. The predicted octanol–water partition coefficient (Wildman–Crippen LogP) is 8.51. The fourth-order valence-electron chi connectivity index (χ4n) is 9.27. The summed E-state index contributed by atoms with van der Waals surface area (Å²) < 4.78 is 19.1. The molecular weight excluding hydrogens is 664 g/mol. The first-order chi connectivity index (χ1) is 25.4. The van der Waals surface area contributed by atoms with E-state index in [9.17, 15) is 19.5 Å². The number of epoxide rings is 1. The zero-order valence-electron chi connectivity index (χ0n) is 30.7. The quantitative estimate of drug-likeness (QED) is 0.158. The van der Waals surface area contributed by atoms with Gasteiger partial charge in [-0.05, 0) is 101 Å². The SMILES string of the molecule is C/C1=C\[C@@H]2[C@H](CC[C@]3(CO3)[C@H](OC(=O)c3ccc(-c4ccccc4)cc3)[C@H]3[C@@H](OC(=O)c4ccc(-c5ccccc5)cc4)[C@@H](C)C[C@]3(O)C1=O)C2(C)C. The Kier molecular flexibility index (Phi) is 8.78.